The fourth-order valence-electron chi connectivity index (χ4n) is 3.71. The number of carbonyl (C=O) groups excluding carboxylic acids is 1. The number of carbonyl (C=O) groups is 1. The first-order valence-corrected chi connectivity index (χ1v) is 8.78. The lowest BCUT2D eigenvalue weighted by atomic mass is 9.97. The van der Waals surface area contributed by atoms with Crippen LogP contribution in [-0.4, -0.2) is 43.2 Å². The SMILES string of the molecule is CCNCC1CCN(C(=O)N[C@@H]2Cc3ccccc3[C@H]2N)CC1. The summed E-state index contributed by atoms with van der Waals surface area (Å²) in [5, 5.41) is 6.55. The number of hydrogen-bond acceptors (Lipinski definition) is 3. The predicted octanol–water partition coefficient (Wildman–Crippen LogP) is 1.64. The van der Waals surface area contributed by atoms with Crippen LogP contribution in [0.1, 0.15) is 36.9 Å². The van der Waals surface area contributed by atoms with E-state index in [9.17, 15) is 4.79 Å². The molecule has 1 heterocycles. The van der Waals surface area contributed by atoms with Crippen LogP contribution < -0.4 is 16.4 Å². The van der Waals surface area contributed by atoms with Crippen LogP contribution in [0.2, 0.25) is 0 Å². The number of likely N-dealkylation sites (tertiary alicyclic amines) is 1. The molecule has 0 bridgehead atoms. The fraction of sp³-hybridized carbons (Fsp3) is 0.611. The first kappa shape index (κ1) is 16.3. The van der Waals surface area contributed by atoms with Gasteiger partial charge in [0.1, 0.15) is 0 Å². The van der Waals surface area contributed by atoms with E-state index in [0.29, 0.717) is 5.92 Å². The van der Waals surface area contributed by atoms with Gasteiger partial charge in [0.2, 0.25) is 0 Å². The smallest absolute Gasteiger partial charge is 0.317 e. The van der Waals surface area contributed by atoms with Gasteiger partial charge in [0.25, 0.3) is 0 Å². The highest BCUT2D eigenvalue weighted by Crippen LogP contribution is 2.29. The van der Waals surface area contributed by atoms with Gasteiger partial charge >= 0.3 is 6.03 Å². The number of rotatable bonds is 4. The summed E-state index contributed by atoms with van der Waals surface area (Å²) in [7, 11) is 0. The molecule has 126 valence electrons. The van der Waals surface area contributed by atoms with Crippen LogP contribution in [0.5, 0.6) is 0 Å². The molecule has 1 aromatic carbocycles. The molecule has 1 saturated heterocycles. The number of urea groups is 1. The minimum absolute atomic E-state index is 0.0133. The summed E-state index contributed by atoms with van der Waals surface area (Å²) in [4.78, 5) is 14.5. The standard InChI is InChI=1S/C18H28N4O/c1-2-20-12-13-7-9-22(10-8-13)18(23)21-16-11-14-5-3-4-6-15(14)17(16)19/h3-6,13,16-17,20H,2,7-12,19H2,1H3,(H,21,23)/t16-,17-/m1/s1. The third-order valence-electron chi connectivity index (χ3n) is 5.18. The number of nitrogens with two attached hydrogens (primary N) is 1. The number of fused-ring (bicyclic) bond motifs is 1. The van der Waals surface area contributed by atoms with Gasteiger partial charge in [-0.2, -0.15) is 0 Å². The number of benzene rings is 1. The molecule has 0 spiro atoms. The molecule has 23 heavy (non-hydrogen) atoms. The average Bonchev–Trinajstić information content (AvgIpc) is 2.90. The largest absolute Gasteiger partial charge is 0.333 e. The summed E-state index contributed by atoms with van der Waals surface area (Å²) >= 11 is 0. The molecule has 1 aliphatic heterocycles. The zero-order valence-electron chi connectivity index (χ0n) is 13.9. The van der Waals surface area contributed by atoms with Crippen molar-refractivity contribution in [1.82, 2.24) is 15.5 Å². The van der Waals surface area contributed by atoms with Gasteiger partial charge in [-0.3, -0.25) is 0 Å². The van der Waals surface area contributed by atoms with Crippen molar-refractivity contribution >= 4 is 6.03 Å². The highest BCUT2D eigenvalue weighted by molar-refractivity contribution is 5.75. The van der Waals surface area contributed by atoms with E-state index >= 15 is 0 Å². The monoisotopic (exact) mass is 316 g/mol. The van der Waals surface area contributed by atoms with Crippen molar-refractivity contribution in [2.45, 2.75) is 38.3 Å². The Kier molecular flexibility index (Phi) is 5.18. The van der Waals surface area contributed by atoms with Crippen molar-refractivity contribution in [3.63, 3.8) is 0 Å². The van der Waals surface area contributed by atoms with E-state index in [0.717, 1.165) is 45.4 Å². The van der Waals surface area contributed by atoms with E-state index < -0.39 is 0 Å². The summed E-state index contributed by atoms with van der Waals surface area (Å²) in [6, 6.07) is 8.18. The van der Waals surface area contributed by atoms with Gasteiger partial charge in [0, 0.05) is 13.1 Å². The molecule has 0 saturated carbocycles. The summed E-state index contributed by atoms with van der Waals surface area (Å²) in [5.74, 6) is 0.692. The summed E-state index contributed by atoms with van der Waals surface area (Å²) in [6.07, 6.45) is 2.99. The second kappa shape index (κ2) is 7.32. The van der Waals surface area contributed by atoms with E-state index in [2.05, 4.69) is 29.7 Å². The third kappa shape index (κ3) is 3.67. The molecule has 3 rings (SSSR count). The van der Waals surface area contributed by atoms with Crippen LogP contribution in [0.15, 0.2) is 24.3 Å². The van der Waals surface area contributed by atoms with Crippen molar-refractivity contribution in [3.05, 3.63) is 35.4 Å². The second-order valence-electron chi connectivity index (χ2n) is 6.72. The number of hydrogen-bond donors (Lipinski definition) is 3. The Labute approximate surface area is 138 Å². The average molecular weight is 316 g/mol. The van der Waals surface area contributed by atoms with Crippen molar-refractivity contribution in [2.75, 3.05) is 26.2 Å². The molecule has 0 aromatic heterocycles. The number of nitrogens with zero attached hydrogens (tertiary/aromatic N) is 1. The second-order valence-corrected chi connectivity index (χ2v) is 6.72. The van der Waals surface area contributed by atoms with Gasteiger partial charge in [-0.15, -0.1) is 0 Å². The van der Waals surface area contributed by atoms with Crippen LogP contribution in [0.4, 0.5) is 4.79 Å². The Balaban J connectivity index is 1.49. The number of amides is 2. The van der Waals surface area contributed by atoms with E-state index in [1.807, 2.05) is 17.0 Å². The topological polar surface area (TPSA) is 70.4 Å². The highest BCUT2D eigenvalue weighted by atomic mass is 16.2. The predicted molar refractivity (Wildman–Crippen MR) is 92.2 cm³/mol. The van der Waals surface area contributed by atoms with Gasteiger partial charge in [0.05, 0.1) is 12.1 Å². The van der Waals surface area contributed by atoms with E-state index in [1.54, 1.807) is 0 Å². The molecule has 1 aliphatic carbocycles. The Morgan fingerprint density at radius 3 is 2.74 bits per heavy atom. The van der Waals surface area contributed by atoms with Gasteiger partial charge in [-0.05, 0) is 49.4 Å². The molecule has 2 aliphatic rings. The quantitative estimate of drug-likeness (QED) is 0.791. The van der Waals surface area contributed by atoms with Gasteiger partial charge in [0.15, 0.2) is 0 Å². The molecule has 0 unspecified atom stereocenters. The van der Waals surface area contributed by atoms with Crippen molar-refractivity contribution in [1.29, 1.82) is 0 Å². The first-order valence-electron chi connectivity index (χ1n) is 8.78. The van der Waals surface area contributed by atoms with Crippen LogP contribution in [0.3, 0.4) is 0 Å². The van der Waals surface area contributed by atoms with Crippen LogP contribution in [0.25, 0.3) is 0 Å². The minimum Gasteiger partial charge on any atom is -0.333 e. The zero-order valence-corrected chi connectivity index (χ0v) is 13.9. The van der Waals surface area contributed by atoms with Crippen molar-refractivity contribution in [3.8, 4) is 0 Å². The summed E-state index contributed by atoms with van der Waals surface area (Å²) < 4.78 is 0. The fourth-order valence-corrected chi connectivity index (χ4v) is 3.71. The normalized spacial score (nSPS) is 24.5. The van der Waals surface area contributed by atoms with E-state index in [-0.39, 0.29) is 18.1 Å². The maximum atomic E-state index is 12.5. The Bertz CT molecular complexity index is 540. The molecular formula is C18H28N4O. The maximum absolute atomic E-state index is 12.5. The zero-order chi connectivity index (χ0) is 16.2. The van der Waals surface area contributed by atoms with Gasteiger partial charge in [-0.1, -0.05) is 31.2 Å². The Morgan fingerprint density at radius 1 is 1.30 bits per heavy atom. The molecule has 4 N–H and O–H groups in total. The first-order chi connectivity index (χ1) is 11.2. The van der Waals surface area contributed by atoms with Crippen molar-refractivity contribution < 1.29 is 4.79 Å². The molecule has 2 atom stereocenters. The Hall–Kier alpha value is -1.59. The number of piperidine rings is 1. The lowest BCUT2D eigenvalue weighted by Gasteiger charge is -2.33. The summed E-state index contributed by atoms with van der Waals surface area (Å²) in [5.41, 5.74) is 8.73. The van der Waals surface area contributed by atoms with Crippen LogP contribution in [-0.2, 0) is 6.42 Å². The van der Waals surface area contributed by atoms with E-state index in [1.165, 1.54) is 11.1 Å². The molecule has 0 radical (unpaired) electrons. The van der Waals surface area contributed by atoms with Crippen LogP contribution in [0, 0.1) is 5.92 Å². The summed E-state index contributed by atoms with van der Waals surface area (Å²) in [6.45, 7) is 5.90. The Morgan fingerprint density at radius 2 is 2.04 bits per heavy atom. The van der Waals surface area contributed by atoms with E-state index in [4.69, 9.17) is 5.73 Å². The molecule has 5 heteroatoms. The highest BCUT2D eigenvalue weighted by Gasteiger charge is 2.32. The lowest BCUT2D eigenvalue weighted by Crippen LogP contribution is -2.50. The maximum Gasteiger partial charge on any atom is 0.317 e. The van der Waals surface area contributed by atoms with Crippen molar-refractivity contribution in [2.24, 2.45) is 11.7 Å². The molecule has 1 aromatic rings. The molecule has 5 nitrogen and oxygen atoms in total. The number of nitrogens with one attached hydrogen (secondary N) is 2. The minimum atomic E-state index is -0.0959. The van der Waals surface area contributed by atoms with Gasteiger partial charge in [-0.25, -0.2) is 4.79 Å². The van der Waals surface area contributed by atoms with Gasteiger partial charge < -0.3 is 21.3 Å². The molecule has 1 fully saturated rings. The lowest BCUT2D eigenvalue weighted by molar-refractivity contribution is 0.165. The molecular weight excluding hydrogens is 288 g/mol. The third-order valence-corrected chi connectivity index (χ3v) is 5.18. The molecule has 2 amide bonds. The van der Waals surface area contributed by atoms with Crippen LogP contribution >= 0.6 is 0 Å².